The number of carbonyl (C=O) groups excluding carboxylic acids is 3. The number of fused-ring (bicyclic) bond motifs is 1. The Balaban J connectivity index is 1.71. The minimum Gasteiger partial charge on any atom is -0.507 e. The first-order valence-corrected chi connectivity index (χ1v) is 12.0. The quantitative estimate of drug-likeness (QED) is 0.502. The molecule has 1 amide bonds. The van der Waals surface area contributed by atoms with Crippen LogP contribution in [-0.4, -0.2) is 48.6 Å². The van der Waals surface area contributed by atoms with E-state index in [2.05, 4.69) is 10.3 Å². The van der Waals surface area contributed by atoms with Crippen LogP contribution in [0.1, 0.15) is 37.6 Å². The maximum absolute atomic E-state index is 13.7. The van der Waals surface area contributed by atoms with Crippen molar-refractivity contribution < 1.29 is 33.7 Å². The van der Waals surface area contributed by atoms with E-state index in [0.717, 1.165) is 0 Å². The Morgan fingerprint density at radius 3 is 2.46 bits per heavy atom. The molecule has 1 aliphatic carbocycles. The zero-order valence-corrected chi connectivity index (χ0v) is 21.8. The summed E-state index contributed by atoms with van der Waals surface area (Å²) >= 11 is 6.44. The van der Waals surface area contributed by atoms with Gasteiger partial charge in [0.2, 0.25) is 17.3 Å². The first kappa shape index (κ1) is 26.2. The van der Waals surface area contributed by atoms with E-state index in [1.807, 2.05) is 0 Å². The van der Waals surface area contributed by atoms with Gasteiger partial charge >= 0.3 is 0 Å². The molecular formula is C27H27ClN2O7. The highest BCUT2D eigenvalue weighted by Crippen LogP contribution is 2.54. The first-order valence-electron chi connectivity index (χ1n) is 11.6. The fourth-order valence-electron chi connectivity index (χ4n) is 4.37. The van der Waals surface area contributed by atoms with Crippen molar-refractivity contribution >= 4 is 46.7 Å². The number of hydrogen-bond donors (Lipinski definition) is 2. The average molecular weight is 527 g/mol. The molecule has 2 aromatic carbocycles. The monoisotopic (exact) mass is 526 g/mol. The van der Waals surface area contributed by atoms with Gasteiger partial charge < -0.3 is 24.6 Å². The zero-order valence-electron chi connectivity index (χ0n) is 21.0. The minimum atomic E-state index is -1.87. The Labute approximate surface area is 219 Å². The number of ketones is 2. The van der Waals surface area contributed by atoms with Crippen molar-refractivity contribution in [3.8, 4) is 17.2 Å². The van der Waals surface area contributed by atoms with Crippen molar-refractivity contribution in [1.82, 2.24) is 0 Å². The number of methoxy groups -OCH3 is 2. The van der Waals surface area contributed by atoms with Gasteiger partial charge in [-0.25, -0.2) is 0 Å². The normalized spacial score (nSPS) is 21.0. The van der Waals surface area contributed by atoms with Gasteiger partial charge in [-0.3, -0.25) is 19.4 Å². The second kappa shape index (κ2) is 9.89. The van der Waals surface area contributed by atoms with Crippen LogP contribution in [0.5, 0.6) is 17.2 Å². The van der Waals surface area contributed by atoms with Crippen LogP contribution < -0.4 is 19.5 Å². The van der Waals surface area contributed by atoms with E-state index in [-0.39, 0.29) is 57.4 Å². The summed E-state index contributed by atoms with van der Waals surface area (Å²) in [6.45, 7) is 5.23. The number of benzene rings is 2. The smallest absolute Gasteiger partial charge is 0.231 e. The summed E-state index contributed by atoms with van der Waals surface area (Å²) in [4.78, 5) is 42.8. The Hall–Kier alpha value is -3.85. The lowest BCUT2D eigenvalue weighted by molar-refractivity contribution is -0.119. The lowest BCUT2D eigenvalue weighted by atomic mass is 9.73. The molecule has 9 nitrogen and oxygen atoms in total. The summed E-state index contributed by atoms with van der Waals surface area (Å²) in [6.07, 6.45) is 1.15. The number of halogens is 1. The molecule has 0 aromatic heterocycles. The molecule has 10 heteroatoms. The summed E-state index contributed by atoms with van der Waals surface area (Å²) in [5, 5.41) is 14.2. The minimum absolute atomic E-state index is 0.0194. The number of Topliss-reactive ketones (excluding diaryl/α,β-unsaturated/α-hetero) is 2. The molecule has 0 saturated heterocycles. The summed E-state index contributed by atoms with van der Waals surface area (Å²) in [5.41, 5.74) is -0.869. The van der Waals surface area contributed by atoms with Gasteiger partial charge in [-0.15, -0.1) is 0 Å². The number of aliphatic hydroxyl groups is 1. The molecule has 2 aromatic rings. The maximum atomic E-state index is 13.7. The van der Waals surface area contributed by atoms with Crippen molar-refractivity contribution in [3.63, 3.8) is 0 Å². The third-order valence-corrected chi connectivity index (χ3v) is 6.87. The van der Waals surface area contributed by atoms with Gasteiger partial charge in [0.05, 0.1) is 25.5 Å². The van der Waals surface area contributed by atoms with E-state index in [1.54, 1.807) is 45.0 Å². The molecule has 1 heterocycles. The van der Waals surface area contributed by atoms with Crippen LogP contribution >= 0.6 is 11.6 Å². The zero-order chi connectivity index (χ0) is 27.1. The van der Waals surface area contributed by atoms with Gasteiger partial charge in [-0.2, -0.15) is 0 Å². The van der Waals surface area contributed by atoms with Crippen LogP contribution in [0, 0.1) is 11.8 Å². The van der Waals surface area contributed by atoms with Gasteiger partial charge in [-0.1, -0.05) is 32.4 Å². The molecule has 0 saturated carbocycles. The van der Waals surface area contributed by atoms with Gasteiger partial charge in [-0.05, 0) is 24.3 Å². The number of amides is 1. The van der Waals surface area contributed by atoms with Crippen molar-refractivity contribution in [2.45, 2.75) is 32.8 Å². The highest BCUT2D eigenvalue weighted by molar-refractivity contribution is 6.35. The molecule has 2 unspecified atom stereocenters. The predicted octanol–water partition coefficient (Wildman–Crippen LogP) is 5.09. The van der Waals surface area contributed by atoms with Gasteiger partial charge in [0, 0.05) is 36.2 Å². The van der Waals surface area contributed by atoms with E-state index < -0.39 is 23.1 Å². The van der Waals surface area contributed by atoms with Crippen LogP contribution in [0.3, 0.4) is 0 Å². The average Bonchev–Trinajstić information content (AvgIpc) is 3.19. The van der Waals surface area contributed by atoms with E-state index in [1.165, 1.54) is 26.5 Å². The summed E-state index contributed by atoms with van der Waals surface area (Å²) in [6, 6.07) is 8.13. The molecule has 0 radical (unpaired) electrons. The number of carbonyl (C=O) groups is 3. The third kappa shape index (κ3) is 4.33. The first-order chi connectivity index (χ1) is 17.5. The summed E-state index contributed by atoms with van der Waals surface area (Å²) in [7, 11) is 2.81. The molecule has 1 spiro atoms. The molecule has 37 heavy (non-hydrogen) atoms. The highest BCUT2D eigenvalue weighted by atomic mass is 35.5. The number of aliphatic imine (C=N–C) groups is 1. The number of hydrogen-bond acceptors (Lipinski definition) is 8. The van der Waals surface area contributed by atoms with E-state index in [4.69, 9.17) is 25.8 Å². The molecule has 2 atom stereocenters. The summed E-state index contributed by atoms with van der Waals surface area (Å²) < 4.78 is 16.7. The number of ether oxygens (including phenoxy) is 3. The van der Waals surface area contributed by atoms with Crippen LogP contribution in [0.25, 0.3) is 0 Å². The van der Waals surface area contributed by atoms with Crippen molar-refractivity contribution in [2.24, 2.45) is 16.8 Å². The molecule has 1 aliphatic heterocycles. The SMILES string of the molecule is COc1cc(OC)c2c(c1Cl)OC1(C2=O)C(O)=C(C=Nc2ccc(NC(=O)C(C)C)cc2)C(=O)CC1C. The van der Waals surface area contributed by atoms with Crippen molar-refractivity contribution in [1.29, 1.82) is 0 Å². The molecule has 0 fully saturated rings. The van der Waals surface area contributed by atoms with Gasteiger partial charge in [0.15, 0.2) is 17.3 Å². The Morgan fingerprint density at radius 2 is 1.86 bits per heavy atom. The Morgan fingerprint density at radius 1 is 1.22 bits per heavy atom. The molecule has 2 N–H and O–H groups in total. The topological polar surface area (TPSA) is 124 Å². The lowest BCUT2D eigenvalue weighted by Gasteiger charge is -2.36. The number of rotatable bonds is 6. The van der Waals surface area contributed by atoms with E-state index in [0.29, 0.717) is 11.4 Å². The Bertz CT molecular complexity index is 1350. The highest BCUT2D eigenvalue weighted by Gasteiger charge is 2.60. The number of nitrogens with one attached hydrogen (secondary N) is 1. The van der Waals surface area contributed by atoms with Gasteiger partial charge in [0.1, 0.15) is 22.1 Å². The summed E-state index contributed by atoms with van der Waals surface area (Å²) in [5.74, 6) is -2.05. The van der Waals surface area contributed by atoms with Crippen LogP contribution in [0.2, 0.25) is 5.02 Å². The van der Waals surface area contributed by atoms with Crippen LogP contribution in [0.15, 0.2) is 46.7 Å². The van der Waals surface area contributed by atoms with Crippen LogP contribution in [0.4, 0.5) is 11.4 Å². The van der Waals surface area contributed by atoms with Crippen LogP contribution in [-0.2, 0) is 9.59 Å². The van der Waals surface area contributed by atoms with Crippen molar-refractivity contribution in [2.75, 3.05) is 19.5 Å². The largest absolute Gasteiger partial charge is 0.507 e. The molecule has 0 bridgehead atoms. The lowest BCUT2D eigenvalue weighted by Crippen LogP contribution is -2.52. The molecule has 194 valence electrons. The number of anilines is 1. The number of allylic oxidation sites excluding steroid dienone is 1. The standard InChI is InChI=1S/C27H27ClN2O7/c1-13(2)26(34)30-16-8-6-15(7-9-16)29-12-17-18(31)10-14(3)27(24(17)32)25(33)21-19(35-4)11-20(36-5)22(28)23(21)37-27/h6-9,11-14,32H,10H2,1-5H3,(H,30,34). The third-order valence-electron chi connectivity index (χ3n) is 6.51. The fourth-order valence-corrected chi connectivity index (χ4v) is 4.63. The van der Waals surface area contributed by atoms with Crippen molar-refractivity contribution in [3.05, 3.63) is 52.3 Å². The fraction of sp³-hybridized carbons (Fsp3) is 0.333. The number of nitrogens with zero attached hydrogens (tertiary/aromatic N) is 1. The molecule has 2 aliphatic rings. The maximum Gasteiger partial charge on any atom is 0.231 e. The second-order valence-corrected chi connectivity index (χ2v) is 9.58. The predicted molar refractivity (Wildman–Crippen MR) is 139 cm³/mol. The Kier molecular flexibility index (Phi) is 7.01. The van der Waals surface area contributed by atoms with E-state index >= 15 is 0 Å². The number of aliphatic hydroxyl groups excluding tert-OH is 1. The molecule has 4 rings (SSSR count). The van der Waals surface area contributed by atoms with E-state index in [9.17, 15) is 19.5 Å². The molecular weight excluding hydrogens is 500 g/mol. The van der Waals surface area contributed by atoms with Gasteiger partial charge in [0.25, 0.3) is 0 Å². The second-order valence-electron chi connectivity index (χ2n) is 9.21.